The van der Waals surface area contributed by atoms with E-state index in [1.807, 2.05) is 0 Å². The average molecular weight is 238 g/mol. The summed E-state index contributed by atoms with van der Waals surface area (Å²) in [4.78, 5) is 18.4. The number of benzene rings is 1. The zero-order valence-corrected chi connectivity index (χ0v) is 9.43. The van der Waals surface area contributed by atoms with Crippen LogP contribution in [0.1, 0.15) is 23.2 Å². The van der Waals surface area contributed by atoms with Gasteiger partial charge in [0.15, 0.2) is 0 Å². The van der Waals surface area contributed by atoms with Gasteiger partial charge in [0.1, 0.15) is 5.82 Å². The summed E-state index contributed by atoms with van der Waals surface area (Å²) >= 11 is 0. The zero-order chi connectivity index (χ0) is 12.3. The Morgan fingerprint density at radius 1 is 1.47 bits per heavy atom. The zero-order valence-electron chi connectivity index (χ0n) is 9.43. The molecule has 0 radical (unpaired) electrons. The summed E-state index contributed by atoms with van der Waals surface area (Å²) < 4.78 is 13.5. The van der Waals surface area contributed by atoms with E-state index in [-0.39, 0.29) is 17.6 Å². The fourth-order valence-electron chi connectivity index (χ4n) is 2.04. The molecule has 5 heteroatoms. The predicted molar refractivity (Wildman–Crippen MR) is 60.6 cm³/mol. The molecule has 1 atom stereocenters. The van der Waals surface area contributed by atoms with Gasteiger partial charge in [-0.25, -0.2) is 10.3 Å². The van der Waals surface area contributed by atoms with E-state index < -0.39 is 5.82 Å². The van der Waals surface area contributed by atoms with Crippen LogP contribution in [-0.4, -0.2) is 30.0 Å². The lowest BCUT2D eigenvalue weighted by molar-refractivity contribution is 0.000820. The molecule has 2 N–H and O–H groups in total. The summed E-state index contributed by atoms with van der Waals surface area (Å²) in [6.07, 6.45) is 1.50. The topological polar surface area (TPSA) is 55.6 Å². The van der Waals surface area contributed by atoms with Crippen molar-refractivity contribution in [2.45, 2.75) is 18.9 Å². The van der Waals surface area contributed by atoms with Crippen LogP contribution in [0.5, 0.6) is 0 Å². The van der Waals surface area contributed by atoms with E-state index in [4.69, 9.17) is 10.7 Å². The van der Waals surface area contributed by atoms with Gasteiger partial charge in [0.05, 0.1) is 11.7 Å². The van der Waals surface area contributed by atoms with Crippen molar-refractivity contribution in [1.29, 1.82) is 0 Å². The number of carbonyl (C=O) groups is 1. The fraction of sp³-hybridized carbons (Fsp3) is 0.417. The summed E-state index contributed by atoms with van der Waals surface area (Å²) in [6.45, 7) is 1.04. The first kappa shape index (κ1) is 12.0. The normalized spacial score (nSPS) is 20.4. The third-order valence-corrected chi connectivity index (χ3v) is 2.96. The van der Waals surface area contributed by atoms with Gasteiger partial charge in [0.2, 0.25) is 0 Å². The molecule has 0 spiro atoms. The first-order valence-corrected chi connectivity index (χ1v) is 5.61. The Morgan fingerprint density at radius 2 is 2.24 bits per heavy atom. The molecule has 4 nitrogen and oxygen atoms in total. The maximum Gasteiger partial charge on any atom is 0.256 e. The van der Waals surface area contributed by atoms with Crippen LogP contribution in [0, 0.1) is 5.82 Å². The Hall–Kier alpha value is -1.46. The monoisotopic (exact) mass is 238 g/mol. The molecule has 0 aliphatic carbocycles. The Kier molecular flexibility index (Phi) is 3.71. The third kappa shape index (κ3) is 2.62. The Balaban J connectivity index is 2.12. The van der Waals surface area contributed by atoms with E-state index in [2.05, 4.69) is 0 Å². The summed E-state index contributed by atoms with van der Waals surface area (Å²) in [5.74, 6) is 4.33. The number of likely N-dealkylation sites (tertiary alicyclic amines) is 1. The number of nitrogens with zero attached hydrogens (tertiary/aromatic N) is 1. The van der Waals surface area contributed by atoms with E-state index in [0.29, 0.717) is 13.1 Å². The van der Waals surface area contributed by atoms with Gasteiger partial charge in [0.25, 0.3) is 5.91 Å². The summed E-state index contributed by atoms with van der Waals surface area (Å²) in [5.41, 5.74) is 0.102. The molecular formula is C12H15FN2O2. The number of piperidine rings is 1. The van der Waals surface area contributed by atoms with Crippen LogP contribution in [0.25, 0.3) is 0 Å². The molecule has 2 rings (SSSR count). The minimum atomic E-state index is -0.492. The van der Waals surface area contributed by atoms with Crippen LogP contribution >= 0.6 is 0 Å². The lowest BCUT2D eigenvalue weighted by Crippen LogP contribution is -2.44. The Morgan fingerprint density at radius 3 is 2.94 bits per heavy atom. The molecule has 1 saturated heterocycles. The Bertz CT molecular complexity index is 411. The molecule has 1 aromatic carbocycles. The van der Waals surface area contributed by atoms with Gasteiger partial charge in [-0.2, -0.15) is 0 Å². The molecule has 17 heavy (non-hydrogen) atoms. The molecule has 0 aromatic heterocycles. The molecular weight excluding hydrogens is 223 g/mol. The number of carbonyl (C=O) groups excluding carboxylic acids is 1. The molecule has 1 aliphatic heterocycles. The standard InChI is InChI=1S/C12H15FN2O2/c13-11-6-2-1-5-10(11)12(16)15-7-3-4-9(8-15)17-14/h1-2,5-6,9H,3-4,7-8,14H2. The molecule has 0 saturated carbocycles. The number of hydrogen-bond donors (Lipinski definition) is 1. The van der Waals surface area contributed by atoms with E-state index in [9.17, 15) is 9.18 Å². The second-order valence-electron chi connectivity index (χ2n) is 4.13. The van der Waals surface area contributed by atoms with Gasteiger partial charge >= 0.3 is 0 Å². The van der Waals surface area contributed by atoms with Crippen molar-refractivity contribution < 1.29 is 14.0 Å². The van der Waals surface area contributed by atoms with Crippen molar-refractivity contribution in [3.8, 4) is 0 Å². The molecule has 1 amide bonds. The van der Waals surface area contributed by atoms with Crippen molar-refractivity contribution in [2.75, 3.05) is 13.1 Å². The molecule has 1 fully saturated rings. The largest absolute Gasteiger partial charge is 0.336 e. The van der Waals surface area contributed by atoms with Crippen LogP contribution < -0.4 is 5.90 Å². The maximum absolute atomic E-state index is 13.5. The fourth-order valence-corrected chi connectivity index (χ4v) is 2.04. The number of halogens is 1. The van der Waals surface area contributed by atoms with Crippen LogP contribution in [-0.2, 0) is 4.84 Å². The average Bonchev–Trinajstić information content (AvgIpc) is 2.38. The van der Waals surface area contributed by atoms with Crippen molar-refractivity contribution >= 4 is 5.91 Å². The van der Waals surface area contributed by atoms with Gasteiger partial charge in [0, 0.05) is 13.1 Å². The maximum atomic E-state index is 13.5. The molecule has 92 valence electrons. The summed E-state index contributed by atoms with van der Waals surface area (Å²) in [5, 5.41) is 0. The second-order valence-corrected chi connectivity index (χ2v) is 4.13. The van der Waals surface area contributed by atoms with Crippen molar-refractivity contribution in [3.05, 3.63) is 35.6 Å². The van der Waals surface area contributed by atoms with Crippen molar-refractivity contribution in [3.63, 3.8) is 0 Å². The van der Waals surface area contributed by atoms with Crippen LogP contribution in [0.3, 0.4) is 0 Å². The highest BCUT2D eigenvalue weighted by Gasteiger charge is 2.25. The lowest BCUT2D eigenvalue weighted by atomic mass is 10.1. The quantitative estimate of drug-likeness (QED) is 0.791. The predicted octanol–water partition coefficient (Wildman–Crippen LogP) is 1.32. The molecule has 1 heterocycles. The minimum Gasteiger partial charge on any atom is -0.336 e. The first-order valence-electron chi connectivity index (χ1n) is 5.61. The van der Waals surface area contributed by atoms with Crippen LogP contribution in [0.15, 0.2) is 24.3 Å². The van der Waals surface area contributed by atoms with E-state index in [0.717, 1.165) is 12.8 Å². The highest BCUT2D eigenvalue weighted by Crippen LogP contribution is 2.16. The van der Waals surface area contributed by atoms with Gasteiger partial charge in [-0.15, -0.1) is 0 Å². The lowest BCUT2D eigenvalue weighted by Gasteiger charge is -2.31. The number of rotatable bonds is 2. The molecule has 1 aromatic rings. The summed E-state index contributed by atoms with van der Waals surface area (Å²) in [6, 6.07) is 5.99. The number of hydrogen-bond acceptors (Lipinski definition) is 3. The smallest absolute Gasteiger partial charge is 0.256 e. The van der Waals surface area contributed by atoms with E-state index in [1.165, 1.54) is 12.1 Å². The van der Waals surface area contributed by atoms with Gasteiger partial charge in [-0.1, -0.05) is 12.1 Å². The summed E-state index contributed by atoms with van der Waals surface area (Å²) in [7, 11) is 0. The third-order valence-electron chi connectivity index (χ3n) is 2.96. The highest BCUT2D eigenvalue weighted by molar-refractivity contribution is 5.94. The van der Waals surface area contributed by atoms with E-state index in [1.54, 1.807) is 17.0 Å². The SMILES string of the molecule is NOC1CCCN(C(=O)c2ccccc2F)C1. The van der Waals surface area contributed by atoms with Crippen molar-refractivity contribution in [1.82, 2.24) is 4.90 Å². The molecule has 0 bridgehead atoms. The van der Waals surface area contributed by atoms with Crippen molar-refractivity contribution in [2.24, 2.45) is 5.90 Å². The molecule has 1 unspecified atom stereocenters. The minimum absolute atomic E-state index is 0.102. The van der Waals surface area contributed by atoms with E-state index >= 15 is 0 Å². The highest BCUT2D eigenvalue weighted by atomic mass is 19.1. The van der Waals surface area contributed by atoms with Crippen LogP contribution in [0.2, 0.25) is 0 Å². The Labute approximate surface area is 99.1 Å². The van der Waals surface area contributed by atoms with Gasteiger partial charge in [-0.05, 0) is 25.0 Å². The number of amides is 1. The molecule has 1 aliphatic rings. The second kappa shape index (κ2) is 5.25. The first-order chi connectivity index (χ1) is 8.22. The van der Waals surface area contributed by atoms with Crippen LogP contribution in [0.4, 0.5) is 4.39 Å². The van der Waals surface area contributed by atoms with Gasteiger partial charge < -0.3 is 4.90 Å². The number of nitrogens with two attached hydrogens (primary N) is 1. The van der Waals surface area contributed by atoms with Gasteiger partial charge in [-0.3, -0.25) is 9.63 Å².